The number of hydrogen-bond acceptors (Lipinski definition) is 1. The quantitative estimate of drug-likeness (QED) is 0.759. The fourth-order valence-electron chi connectivity index (χ4n) is 1.02. The molecule has 1 radical (unpaired) electrons. The second-order valence-electron chi connectivity index (χ2n) is 2.74. The predicted octanol–water partition coefficient (Wildman–Crippen LogP) is 2.32. The lowest BCUT2D eigenvalue weighted by Gasteiger charge is -2.02. The number of hydrogen-bond donors (Lipinski definition) is 1. The van der Waals surface area contributed by atoms with Crippen LogP contribution >= 0.6 is 0 Å². The summed E-state index contributed by atoms with van der Waals surface area (Å²) in [5.74, 6) is -0.107. The predicted molar refractivity (Wildman–Crippen MR) is 49.9 cm³/mol. The Bertz CT molecular complexity index is 281. The van der Waals surface area contributed by atoms with Crippen molar-refractivity contribution in [3.8, 4) is 0 Å². The Labute approximate surface area is 76.8 Å². The summed E-state index contributed by atoms with van der Waals surface area (Å²) < 4.78 is 11.8. The van der Waals surface area contributed by atoms with Crippen LogP contribution in [0.4, 0.5) is 10.1 Å². The summed E-state index contributed by atoms with van der Waals surface area (Å²) in [7, 11) is 0. The third-order valence-electron chi connectivity index (χ3n) is 1.59. The van der Waals surface area contributed by atoms with E-state index in [0.717, 1.165) is 11.3 Å². The molecule has 0 saturated heterocycles. The first-order valence-corrected chi connectivity index (χ1v) is 4.01. The van der Waals surface area contributed by atoms with E-state index < -0.39 is 0 Å². The lowest BCUT2D eigenvalue weighted by molar-refractivity contribution is -0.114. The van der Waals surface area contributed by atoms with Crippen molar-refractivity contribution >= 4 is 11.6 Å². The molecule has 0 aliphatic carbocycles. The molecule has 0 aliphatic rings. The topological polar surface area (TPSA) is 29.1 Å². The van der Waals surface area contributed by atoms with Gasteiger partial charge in [-0.2, -0.15) is 0 Å². The van der Waals surface area contributed by atoms with Gasteiger partial charge in [0.05, 0.1) is 0 Å². The fraction of sp³-hybridized carbons (Fsp3) is 0.200. The number of halogens is 1. The van der Waals surface area contributed by atoms with Gasteiger partial charge in [0.15, 0.2) is 0 Å². The largest absolute Gasteiger partial charge is 0.326 e. The molecule has 0 heterocycles. The zero-order chi connectivity index (χ0) is 9.68. The van der Waals surface area contributed by atoms with Crippen LogP contribution in [-0.2, 0) is 11.2 Å². The molecule has 0 saturated carbocycles. The van der Waals surface area contributed by atoms with Crippen molar-refractivity contribution < 1.29 is 9.18 Å². The van der Waals surface area contributed by atoms with Crippen LogP contribution in [0.1, 0.15) is 12.5 Å². The molecule has 1 aromatic rings. The molecule has 1 rings (SSSR count). The van der Waals surface area contributed by atoms with E-state index in [1.54, 1.807) is 24.3 Å². The van der Waals surface area contributed by atoms with Crippen LogP contribution in [-0.4, -0.2) is 5.91 Å². The molecular formula is C10H11FNO. The van der Waals surface area contributed by atoms with Crippen LogP contribution in [0.2, 0.25) is 0 Å². The van der Waals surface area contributed by atoms with Crippen molar-refractivity contribution in [2.45, 2.75) is 13.3 Å². The summed E-state index contributed by atoms with van der Waals surface area (Å²) in [6.45, 7) is 2.05. The number of anilines is 1. The van der Waals surface area contributed by atoms with Crippen LogP contribution in [0.5, 0.6) is 0 Å². The average Bonchev–Trinajstić information content (AvgIpc) is 2.08. The molecule has 0 bridgehead atoms. The molecule has 0 aliphatic heterocycles. The third-order valence-corrected chi connectivity index (χ3v) is 1.59. The monoisotopic (exact) mass is 180 g/mol. The minimum atomic E-state index is -0.107. The number of carbonyl (C=O) groups excluding carboxylic acids is 1. The Balaban J connectivity index is 2.64. The van der Waals surface area contributed by atoms with E-state index in [1.165, 1.54) is 6.92 Å². The van der Waals surface area contributed by atoms with E-state index in [0.29, 0.717) is 13.1 Å². The Hall–Kier alpha value is -1.38. The second kappa shape index (κ2) is 4.60. The molecule has 13 heavy (non-hydrogen) atoms. The van der Waals surface area contributed by atoms with E-state index in [1.807, 2.05) is 0 Å². The van der Waals surface area contributed by atoms with E-state index in [9.17, 15) is 9.18 Å². The first-order valence-electron chi connectivity index (χ1n) is 4.01. The second-order valence-corrected chi connectivity index (χ2v) is 2.74. The summed E-state index contributed by atoms with van der Waals surface area (Å²) in [6.07, 6.45) is 0.306. The molecule has 1 N–H and O–H groups in total. The Kier molecular flexibility index (Phi) is 3.43. The summed E-state index contributed by atoms with van der Waals surface area (Å²) in [4.78, 5) is 10.6. The fourth-order valence-corrected chi connectivity index (χ4v) is 1.02. The third kappa shape index (κ3) is 3.23. The van der Waals surface area contributed by atoms with Crippen LogP contribution in [0, 0.1) is 6.67 Å². The smallest absolute Gasteiger partial charge is 0.221 e. The summed E-state index contributed by atoms with van der Waals surface area (Å²) in [6, 6.07) is 7.06. The van der Waals surface area contributed by atoms with Gasteiger partial charge >= 0.3 is 0 Å². The number of nitrogens with one attached hydrogen (secondary N) is 1. The number of amides is 1. The first-order chi connectivity index (χ1) is 6.22. The van der Waals surface area contributed by atoms with E-state index in [4.69, 9.17) is 0 Å². The van der Waals surface area contributed by atoms with Gasteiger partial charge in [-0.3, -0.25) is 4.79 Å². The molecule has 0 spiro atoms. The Morgan fingerprint density at radius 1 is 1.46 bits per heavy atom. The SMILES string of the molecule is CC(=O)Nc1ccc(C[CH]F)cc1. The van der Waals surface area contributed by atoms with Crippen LogP contribution < -0.4 is 5.32 Å². The van der Waals surface area contributed by atoms with Gasteiger partial charge in [-0.1, -0.05) is 12.1 Å². The van der Waals surface area contributed by atoms with Crippen molar-refractivity contribution in [1.82, 2.24) is 0 Å². The van der Waals surface area contributed by atoms with Gasteiger partial charge in [-0.05, 0) is 17.7 Å². The van der Waals surface area contributed by atoms with Crippen LogP contribution in [0.25, 0.3) is 0 Å². The molecule has 1 amide bonds. The maximum Gasteiger partial charge on any atom is 0.221 e. The van der Waals surface area contributed by atoms with Crippen molar-refractivity contribution in [3.05, 3.63) is 36.5 Å². The van der Waals surface area contributed by atoms with Crippen LogP contribution in [0.3, 0.4) is 0 Å². The highest BCUT2D eigenvalue weighted by Crippen LogP contribution is 2.10. The maximum absolute atomic E-state index is 11.8. The molecule has 0 fully saturated rings. The standard InChI is InChI=1S/C10H11FNO/c1-8(13)12-10-4-2-9(3-5-10)6-7-11/h2-5,7H,6H2,1H3,(H,12,13). The Morgan fingerprint density at radius 3 is 2.54 bits per heavy atom. The maximum atomic E-state index is 11.8. The van der Waals surface area contributed by atoms with Gasteiger partial charge in [-0.15, -0.1) is 0 Å². The highest BCUT2D eigenvalue weighted by molar-refractivity contribution is 5.88. The molecule has 1 aromatic carbocycles. The van der Waals surface area contributed by atoms with Gasteiger partial charge in [0.2, 0.25) is 5.91 Å². The zero-order valence-electron chi connectivity index (χ0n) is 7.38. The lowest BCUT2D eigenvalue weighted by atomic mass is 10.1. The highest BCUT2D eigenvalue weighted by Gasteiger charge is 1.95. The minimum Gasteiger partial charge on any atom is -0.326 e. The van der Waals surface area contributed by atoms with Gasteiger partial charge < -0.3 is 5.32 Å². The Morgan fingerprint density at radius 2 is 2.08 bits per heavy atom. The lowest BCUT2D eigenvalue weighted by Crippen LogP contribution is -2.05. The molecule has 0 unspecified atom stereocenters. The first kappa shape index (κ1) is 9.71. The number of benzene rings is 1. The summed E-state index contributed by atoms with van der Waals surface area (Å²) >= 11 is 0. The number of carbonyl (C=O) groups is 1. The molecule has 0 aromatic heterocycles. The molecule has 3 heteroatoms. The van der Waals surface area contributed by atoms with Crippen molar-refractivity contribution in [1.29, 1.82) is 0 Å². The van der Waals surface area contributed by atoms with E-state index in [2.05, 4.69) is 5.32 Å². The van der Waals surface area contributed by atoms with Crippen molar-refractivity contribution in [2.24, 2.45) is 0 Å². The molecular weight excluding hydrogens is 169 g/mol. The van der Waals surface area contributed by atoms with E-state index >= 15 is 0 Å². The summed E-state index contributed by atoms with van der Waals surface area (Å²) in [5, 5.41) is 2.63. The van der Waals surface area contributed by atoms with Gasteiger partial charge in [-0.25, -0.2) is 4.39 Å². The van der Waals surface area contributed by atoms with Gasteiger partial charge in [0.1, 0.15) is 6.67 Å². The molecule has 69 valence electrons. The van der Waals surface area contributed by atoms with Crippen LogP contribution in [0.15, 0.2) is 24.3 Å². The van der Waals surface area contributed by atoms with Crippen molar-refractivity contribution in [3.63, 3.8) is 0 Å². The summed E-state index contributed by atoms with van der Waals surface area (Å²) in [5.41, 5.74) is 1.62. The highest BCUT2D eigenvalue weighted by atomic mass is 19.1. The van der Waals surface area contributed by atoms with E-state index in [-0.39, 0.29) is 5.91 Å². The average molecular weight is 180 g/mol. The molecule has 0 atom stereocenters. The van der Waals surface area contributed by atoms with Crippen molar-refractivity contribution in [2.75, 3.05) is 5.32 Å². The molecule has 2 nitrogen and oxygen atoms in total. The van der Waals surface area contributed by atoms with Gasteiger partial charge in [0, 0.05) is 19.0 Å². The minimum absolute atomic E-state index is 0.107. The normalized spacial score (nSPS) is 9.69. The van der Waals surface area contributed by atoms with Gasteiger partial charge in [0.25, 0.3) is 0 Å². The zero-order valence-corrected chi connectivity index (χ0v) is 7.38. The number of rotatable bonds is 3.